The number of nitrogens with zero attached hydrogens (tertiary/aromatic N) is 2. The molecule has 0 saturated carbocycles. The molecule has 7 heteroatoms. The fourth-order valence-corrected chi connectivity index (χ4v) is 4.71. The fourth-order valence-electron chi connectivity index (χ4n) is 3.61. The molecule has 134 valence electrons. The van der Waals surface area contributed by atoms with Crippen LogP contribution in [0.3, 0.4) is 0 Å². The lowest BCUT2D eigenvalue weighted by Gasteiger charge is -2.25. The number of ether oxygens (including phenoxy) is 1. The average Bonchev–Trinajstić information content (AvgIpc) is 3.39. The summed E-state index contributed by atoms with van der Waals surface area (Å²) < 4.78 is 5.41. The number of amides is 1. The first-order valence-electron chi connectivity index (χ1n) is 8.96. The number of aromatic amines is 1. The van der Waals surface area contributed by atoms with Crippen molar-refractivity contribution in [2.24, 2.45) is 0 Å². The van der Waals surface area contributed by atoms with E-state index in [4.69, 9.17) is 9.72 Å². The SMILES string of the molecule is O=C(c1cc2ccccc2[nH]1)N1CCc2nc(NC3CCOC3)sc2C1. The van der Waals surface area contributed by atoms with Gasteiger partial charge in [0, 0.05) is 35.4 Å². The van der Waals surface area contributed by atoms with E-state index in [1.165, 1.54) is 4.88 Å². The summed E-state index contributed by atoms with van der Waals surface area (Å²) in [6.07, 6.45) is 1.83. The van der Waals surface area contributed by atoms with Gasteiger partial charge in [-0.2, -0.15) is 0 Å². The molecule has 0 spiro atoms. The maximum absolute atomic E-state index is 12.9. The van der Waals surface area contributed by atoms with E-state index >= 15 is 0 Å². The van der Waals surface area contributed by atoms with Gasteiger partial charge >= 0.3 is 0 Å². The topological polar surface area (TPSA) is 70.2 Å². The van der Waals surface area contributed by atoms with Gasteiger partial charge in [-0.15, -0.1) is 0 Å². The van der Waals surface area contributed by atoms with Gasteiger partial charge in [-0.3, -0.25) is 4.79 Å². The Balaban J connectivity index is 1.33. The molecular weight excluding hydrogens is 348 g/mol. The standard InChI is InChI=1S/C19H20N4O2S/c24-18(16-9-12-3-1-2-4-14(12)21-16)23-7-5-15-17(10-23)26-19(22-15)20-13-6-8-25-11-13/h1-4,9,13,21H,5-8,10-11H2,(H,20,22). The van der Waals surface area contributed by atoms with Crippen molar-refractivity contribution < 1.29 is 9.53 Å². The first-order valence-corrected chi connectivity index (χ1v) is 9.78. The third-order valence-electron chi connectivity index (χ3n) is 5.04. The van der Waals surface area contributed by atoms with Crippen LogP contribution in [0.2, 0.25) is 0 Å². The molecule has 2 aliphatic heterocycles. The van der Waals surface area contributed by atoms with E-state index in [1.807, 2.05) is 35.2 Å². The normalized spacial score (nSPS) is 19.7. The number of carbonyl (C=O) groups is 1. The van der Waals surface area contributed by atoms with Crippen LogP contribution in [0.5, 0.6) is 0 Å². The van der Waals surface area contributed by atoms with Crippen molar-refractivity contribution in [1.82, 2.24) is 14.9 Å². The summed E-state index contributed by atoms with van der Waals surface area (Å²) >= 11 is 1.66. The van der Waals surface area contributed by atoms with Crippen LogP contribution in [0.1, 0.15) is 27.5 Å². The Labute approximate surface area is 155 Å². The molecule has 3 aromatic rings. The van der Waals surface area contributed by atoms with Gasteiger partial charge < -0.3 is 19.9 Å². The molecule has 0 radical (unpaired) electrons. The number of fused-ring (bicyclic) bond motifs is 2. The molecule has 5 rings (SSSR count). The Bertz CT molecular complexity index is 925. The quantitative estimate of drug-likeness (QED) is 0.746. The molecule has 26 heavy (non-hydrogen) atoms. The van der Waals surface area contributed by atoms with Crippen LogP contribution in [0.4, 0.5) is 5.13 Å². The van der Waals surface area contributed by atoms with Gasteiger partial charge in [0.15, 0.2) is 5.13 Å². The Morgan fingerprint density at radius 2 is 2.31 bits per heavy atom. The molecule has 4 heterocycles. The van der Waals surface area contributed by atoms with Crippen LogP contribution in [-0.2, 0) is 17.7 Å². The van der Waals surface area contributed by atoms with Crippen LogP contribution in [-0.4, -0.2) is 46.6 Å². The summed E-state index contributed by atoms with van der Waals surface area (Å²) in [7, 11) is 0. The zero-order valence-corrected chi connectivity index (χ0v) is 15.1. The van der Waals surface area contributed by atoms with Crippen molar-refractivity contribution in [3.05, 3.63) is 46.6 Å². The molecule has 0 bridgehead atoms. The lowest BCUT2D eigenvalue weighted by atomic mass is 10.1. The Morgan fingerprint density at radius 1 is 1.38 bits per heavy atom. The van der Waals surface area contributed by atoms with E-state index in [1.54, 1.807) is 11.3 Å². The number of rotatable bonds is 3. The molecule has 6 nitrogen and oxygen atoms in total. The molecule has 1 unspecified atom stereocenters. The highest BCUT2D eigenvalue weighted by Gasteiger charge is 2.26. The van der Waals surface area contributed by atoms with E-state index in [-0.39, 0.29) is 5.91 Å². The number of nitrogens with one attached hydrogen (secondary N) is 2. The van der Waals surface area contributed by atoms with E-state index in [9.17, 15) is 4.79 Å². The van der Waals surface area contributed by atoms with Crippen molar-refractivity contribution in [2.45, 2.75) is 25.4 Å². The van der Waals surface area contributed by atoms with Crippen LogP contribution >= 0.6 is 11.3 Å². The lowest BCUT2D eigenvalue weighted by Crippen LogP contribution is -2.35. The Hall–Kier alpha value is -2.38. The van der Waals surface area contributed by atoms with Gasteiger partial charge in [0.1, 0.15) is 5.69 Å². The van der Waals surface area contributed by atoms with Gasteiger partial charge in [-0.1, -0.05) is 29.5 Å². The average molecular weight is 368 g/mol. The predicted molar refractivity (Wildman–Crippen MR) is 102 cm³/mol. The van der Waals surface area contributed by atoms with Crippen LogP contribution < -0.4 is 5.32 Å². The fraction of sp³-hybridized carbons (Fsp3) is 0.368. The highest BCUT2D eigenvalue weighted by Crippen LogP contribution is 2.30. The van der Waals surface area contributed by atoms with Gasteiger partial charge in [0.25, 0.3) is 5.91 Å². The first-order chi connectivity index (χ1) is 12.8. The number of hydrogen-bond donors (Lipinski definition) is 2. The molecule has 1 aromatic carbocycles. The molecule has 1 amide bonds. The summed E-state index contributed by atoms with van der Waals surface area (Å²) in [6.45, 7) is 2.89. The summed E-state index contributed by atoms with van der Waals surface area (Å²) in [6, 6.07) is 10.3. The third kappa shape index (κ3) is 2.87. The van der Waals surface area contributed by atoms with Gasteiger partial charge in [-0.05, 0) is 18.6 Å². The number of thiazole rings is 1. The lowest BCUT2D eigenvalue weighted by molar-refractivity contribution is 0.0731. The largest absolute Gasteiger partial charge is 0.379 e. The van der Waals surface area contributed by atoms with E-state index in [0.717, 1.165) is 47.8 Å². The van der Waals surface area contributed by atoms with E-state index in [2.05, 4.69) is 10.3 Å². The highest BCUT2D eigenvalue weighted by atomic mass is 32.1. The predicted octanol–water partition coefficient (Wildman–Crippen LogP) is 3.02. The number of hydrogen-bond acceptors (Lipinski definition) is 5. The van der Waals surface area contributed by atoms with E-state index < -0.39 is 0 Å². The number of benzene rings is 1. The smallest absolute Gasteiger partial charge is 0.270 e. The van der Waals surface area contributed by atoms with Crippen molar-refractivity contribution in [1.29, 1.82) is 0 Å². The number of aromatic nitrogens is 2. The van der Waals surface area contributed by atoms with E-state index in [0.29, 0.717) is 24.8 Å². The van der Waals surface area contributed by atoms with Crippen LogP contribution in [0, 0.1) is 0 Å². The maximum atomic E-state index is 12.9. The first kappa shape index (κ1) is 15.8. The number of para-hydroxylation sites is 1. The van der Waals surface area contributed by atoms with Gasteiger partial charge in [-0.25, -0.2) is 4.98 Å². The van der Waals surface area contributed by atoms with Crippen molar-refractivity contribution in [3.63, 3.8) is 0 Å². The monoisotopic (exact) mass is 368 g/mol. The minimum absolute atomic E-state index is 0.0546. The molecule has 2 aliphatic rings. The number of carbonyl (C=O) groups excluding carboxylic acids is 1. The molecular formula is C19H20N4O2S. The second-order valence-corrected chi connectivity index (χ2v) is 7.92. The second kappa shape index (κ2) is 6.41. The molecule has 0 aliphatic carbocycles. The summed E-state index contributed by atoms with van der Waals surface area (Å²) in [5, 5.41) is 5.48. The Kier molecular flexibility index (Phi) is 3.90. The molecule has 1 atom stereocenters. The number of H-pyrrole nitrogens is 1. The summed E-state index contributed by atoms with van der Waals surface area (Å²) in [5.74, 6) is 0.0546. The minimum atomic E-state index is 0.0546. The summed E-state index contributed by atoms with van der Waals surface area (Å²) in [4.78, 5) is 24.0. The number of anilines is 1. The molecule has 1 saturated heterocycles. The molecule has 2 aromatic heterocycles. The van der Waals surface area contributed by atoms with Crippen molar-refractivity contribution in [2.75, 3.05) is 25.1 Å². The molecule has 2 N–H and O–H groups in total. The zero-order chi connectivity index (χ0) is 17.5. The molecule has 1 fully saturated rings. The third-order valence-corrected chi connectivity index (χ3v) is 6.05. The Morgan fingerprint density at radius 3 is 3.15 bits per heavy atom. The highest BCUT2D eigenvalue weighted by molar-refractivity contribution is 7.15. The zero-order valence-electron chi connectivity index (χ0n) is 14.3. The van der Waals surface area contributed by atoms with Gasteiger partial charge in [0.2, 0.25) is 0 Å². The van der Waals surface area contributed by atoms with Crippen molar-refractivity contribution >= 4 is 33.3 Å². The van der Waals surface area contributed by atoms with Gasteiger partial charge in [0.05, 0.1) is 24.9 Å². The maximum Gasteiger partial charge on any atom is 0.270 e. The van der Waals surface area contributed by atoms with Crippen LogP contribution in [0.25, 0.3) is 10.9 Å². The second-order valence-electron chi connectivity index (χ2n) is 6.84. The van der Waals surface area contributed by atoms with Crippen LogP contribution in [0.15, 0.2) is 30.3 Å². The van der Waals surface area contributed by atoms with Crippen molar-refractivity contribution in [3.8, 4) is 0 Å². The summed E-state index contributed by atoms with van der Waals surface area (Å²) in [5.41, 5.74) is 2.77. The minimum Gasteiger partial charge on any atom is -0.379 e.